The van der Waals surface area contributed by atoms with Gasteiger partial charge in [0.1, 0.15) is 5.84 Å². The lowest BCUT2D eigenvalue weighted by Crippen LogP contribution is -2.11. The third kappa shape index (κ3) is 2.76. The first-order valence-electron chi connectivity index (χ1n) is 5.53. The Morgan fingerprint density at radius 3 is 2.69 bits per heavy atom. The summed E-state index contributed by atoms with van der Waals surface area (Å²) in [6.45, 7) is 7.49. The van der Waals surface area contributed by atoms with E-state index in [1.807, 2.05) is 0 Å². The summed E-state index contributed by atoms with van der Waals surface area (Å²) in [6, 6.07) is 6.34. The van der Waals surface area contributed by atoms with Crippen molar-refractivity contribution in [2.24, 2.45) is 10.9 Å². The molecular formula is C13H19ClN2. The molecule has 0 saturated carbocycles. The maximum Gasteiger partial charge on any atom is 0.101 e. The van der Waals surface area contributed by atoms with Gasteiger partial charge in [-0.2, -0.15) is 0 Å². The van der Waals surface area contributed by atoms with Gasteiger partial charge in [-0.15, -0.1) is 12.4 Å². The highest BCUT2D eigenvalue weighted by Gasteiger charge is 2.14. The molecule has 1 aromatic carbocycles. The summed E-state index contributed by atoms with van der Waals surface area (Å²) in [7, 11) is 0. The van der Waals surface area contributed by atoms with Crippen LogP contribution in [0.1, 0.15) is 24.5 Å². The highest BCUT2D eigenvalue weighted by atomic mass is 35.5. The fourth-order valence-electron chi connectivity index (χ4n) is 1.86. The van der Waals surface area contributed by atoms with E-state index in [0.29, 0.717) is 5.92 Å². The van der Waals surface area contributed by atoms with Crippen molar-refractivity contribution in [3.8, 4) is 0 Å². The van der Waals surface area contributed by atoms with Gasteiger partial charge in [0.05, 0.1) is 0 Å². The Bertz CT molecular complexity index is 399. The molecule has 1 heterocycles. The van der Waals surface area contributed by atoms with E-state index in [1.165, 1.54) is 16.8 Å². The zero-order chi connectivity index (χ0) is 10.8. The second-order valence-electron chi connectivity index (χ2n) is 4.47. The molecule has 2 nitrogen and oxygen atoms in total. The van der Waals surface area contributed by atoms with Crippen LogP contribution in [0.15, 0.2) is 23.2 Å². The van der Waals surface area contributed by atoms with Gasteiger partial charge in [-0.25, -0.2) is 0 Å². The van der Waals surface area contributed by atoms with Crippen molar-refractivity contribution in [3.05, 3.63) is 29.3 Å². The number of amidine groups is 1. The first kappa shape index (κ1) is 13.0. The highest BCUT2D eigenvalue weighted by molar-refractivity contribution is 5.97. The molecule has 2 rings (SSSR count). The maximum absolute atomic E-state index is 4.49. The van der Waals surface area contributed by atoms with E-state index < -0.39 is 0 Å². The number of aliphatic imine (C=N–C) groups is 1. The number of hydrogen-bond acceptors (Lipinski definition) is 2. The number of benzene rings is 1. The van der Waals surface area contributed by atoms with Crippen LogP contribution in [0.2, 0.25) is 0 Å². The highest BCUT2D eigenvalue weighted by Crippen LogP contribution is 2.20. The van der Waals surface area contributed by atoms with Crippen LogP contribution in [0, 0.1) is 19.8 Å². The van der Waals surface area contributed by atoms with E-state index in [9.17, 15) is 0 Å². The molecule has 0 radical (unpaired) electrons. The predicted octanol–water partition coefficient (Wildman–Crippen LogP) is 3.58. The second-order valence-corrected chi connectivity index (χ2v) is 4.47. The van der Waals surface area contributed by atoms with E-state index >= 15 is 0 Å². The van der Waals surface area contributed by atoms with Gasteiger partial charge in [-0.1, -0.05) is 19.1 Å². The van der Waals surface area contributed by atoms with Crippen molar-refractivity contribution < 1.29 is 0 Å². The van der Waals surface area contributed by atoms with E-state index in [2.05, 4.69) is 49.3 Å². The topological polar surface area (TPSA) is 24.4 Å². The van der Waals surface area contributed by atoms with Gasteiger partial charge in [0.15, 0.2) is 0 Å². The standard InChI is InChI=1S/C13H18N2.ClH/c1-9-7-13(14-8-9)15-12-6-4-5-10(2)11(12)3;/h4-6,9H,7-8H2,1-3H3,(H,14,15);1H. The Morgan fingerprint density at radius 1 is 1.31 bits per heavy atom. The summed E-state index contributed by atoms with van der Waals surface area (Å²) in [5, 5.41) is 3.43. The lowest BCUT2D eigenvalue weighted by molar-refractivity contribution is 0.664. The number of aryl methyl sites for hydroxylation is 1. The van der Waals surface area contributed by atoms with Crippen LogP contribution in [0.3, 0.4) is 0 Å². The normalized spacial score (nSPS) is 18.9. The van der Waals surface area contributed by atoms with Gasteiger partial charge in [-0.3, -0.25) is 4.99 Å². The van der Waals surface area contributed by atoms with E-state index in [-0.39, 0.29) is 12.4 Å². The molecule has 0 bridgehead atoms. The molecule has 1 unspecified atom stereocenters. The van der Waals surface area contributed by atoms with Gasteiger partial charge >= 0.3 is 0 Å². The third-order valence-corrected chi connectivity index (χ3v) is 3.02. The van der Waals surface area contributed by atoms with Crippen molar-refractivity contribution >= 4 is 23.9 Å². The summed E-state index contributed by atoms with van der Waals surface area (Å²) >= 11 is 0. The summed E-state index contributed by atoms with van der Waals surface area (Å²) in [5.41, 5.74) is 3.84. The van der Waals surface area contributed by atoms with Crippen LogP contribution >= 0.6 is 12.4 Å². The SMILES string of the molecule is Cc1cccc(NC2=NCC(C)C2)c1C.Cl. The first-order chi connectivity index (χ1) is 7.16. The monoisotopic (exact) mass is 238 g/mol. The van der Waals surface area contributed by atoms with Crippen molar-refractivity contribution in [1.82, 2.24) is 0 Å². The van der Waals surface area contributed by atoms with E-state index in [1.54, 1.807) is 0 Å². The van der Waals surface area contributed by atoms with Gasteiger partial charge < -0.3 is 5.32 Å². The fraction of sp³-hybridized carbons (Fsp3) is 0.462. The maximum atomic E-state index is 4.49. The van der Waals surface area contributed by atoms with E-state index in [0.717, 1.165) is 18.8 Å². The van der Waals surface area contributed by atoms with Crippen molar-refractivity contribution in [2.45, 2.75) is 27.2 Å². The summed E-state index contributed by atoms with van der Waals surface area (Å²) in [4.78, 5) is 4.49. The minimum atomic E-state index is 0. The number of nitrogens with one attached hydrogen (secondary N) is 1. The Balaban J connectivity index is 0.00000128. The molecule has 0 amide bonds. The van der Waals surface area contributed by atoms with Gasteiger partial charge in [-0.05, 0) is 37.0 Å². The molecule has 16 heavy (non-hydrogen) atoms. The second kappa shape index (κ2) is 5.35. The molecule has 1 aliphatic heterocycles. The number of rotatable bonds is 1. The minimum Gasteiger partial charge on any atom is -0.344 e. The predicted molar refractivity (Wildman–Crippen MR) is 72.9 cm³/mol. The molecule has 0 aliphatic carbocycles. The lowest BCUT2D eigenvalue weighted by atomic mass is 10.1. The molecule has 1 aliphatic rings. The average Bonchev–Trinajstić information content (AvgIpc) is 2.59. The summed E-state index contributed by atoms with van der Waals surface area (Å²) in [6.07, 6.45) is 1.08. The van der Waals surface area contributed by atoms with Crippen LogP contribution in [0.25, 0.3) is 0 Å². The quantitative estimate of drug-likeness (QED) is 0.795. The fourth-order valence-corrected chi connectivity index (χ4v) is 1.86. The lowest BCUT2D eigenvalue weighted by Gasteiger charge is -2.11. The minimum absolute atomic E-state index is 0. The van der Waals surface area contributed by atoms with Gasteiger partial charge in [0.2, 0.25) is 0 Å². The largest absolute Gasteiger partial charge is 0.344 e. The molecule has 3 heteroatoms. The Hall–Kier alpha value is -1.02. The molecule has 88 valence electrons. The Morgan fingerprint density at radius 2 is 2.06 bits per heavy atom. The molecule has 1 aromatic rings. The van der Waals surface area contributed by atoms with Crippen molar-refractivity contribution in [2.75, 3.05) is 11.9 Å². The third-order valence-electron chi connectivity index (χ3n) is 3.02. The molecule has 0 saturated heterocycles. The van der Waals surface area contributed by atoms with Crippen LogP contribution in [-0.4, -0.2) is 12.4 Å². The van der Waals surface area contributed by atoms with Crippen LogP contribution < -0.4 is 5.32 Å². The average molecular weight is 239 g/mol. The van der Waals surface area contributed by atoms with Gasteiger partial charge in [0.25, 0.3) is 0 Å². The molecular weight excluding hydrogens is 220 g/mol. The Kier molecular flexibility index (Phi) is 4.36. The zero-order valence-corrected chi connectivity index (χ0v) is 10.9. The summed E-state index contributed by atoms with van der Waals surface area (Å²) < 4.78 is 0. The van der Waals surface area contributed by atoms with Gasteiger partial charge in [0, 0.05) is 18.7 Å². The Labute approximate surface area is 104 Å². The first-order valence-corrected chi connectivity index (χ1v) is 5.53. The number of anilines is 1. The molecule has 0 fully saturated rings. The van der Waals surface area contributed by atoms with Crippen LogP contribution in [0.4, 0.5) is 5.69 Å². The van der Waals surface area contributed by atoms with Crippen LogP contribution in [0.5, 0.6) is 0 Å². The molecule has 0 aromatic heterocycles. The smallest absolute Gasteiger partial charge is 0.101 e. The summed E-state index contributed by atoms with van der Waals surface area (Å²) in [5.74, 6) is 1.83. The molecule has 1 atom stereocenters. The van der Waals surface area contributed by atoms with Crippen LogP contribution in [-0.2, 0) is 0 Å². The number of halogens is 1. The van der Waals surface area contributed by atoms with Crippen molar-refractivity contribution in [1.29, 1.82) is 0 Å². The number of nitrogens with zero attached hydrogens (tertiary/aromatic N) is 1. The van der Waals surface area contributed by atoms with E-state index in [4.69, 9.17) is 0 Å². The zero-order valence-electron chi connectivity index (χ0n) is 10.1. The molecule has 1 N–H and O–H groups in total. The molecule has 0 spiro atoms. The number of hydrogen-bond donors (Lipinski definition) is 1. The van der Waals surface area contributed by atoms with Crippen molar-refractivity contribution in [3.63, 3.8) is 0 Å².